The molecule has 48 valence electrons. The highest BCUT2D eigenvalue weighted by molar-refractivity contribution is 5.83. The fourth-order valence-electron chi connectivity index (χ4n) is 0.723. The molecule has 2 atom stereocenters. The Morgan fingerprint density at radius 1 is 2.00 bits per heavy atom. The van der Waals surface area contributed by atoms with E-state index >= 15 is 0 Å². The van der Waals surface area contributed by atoms with Crippen LogP contribution in [0.5, 0.6) is 0 Å². The van der Waals surface area contributed by atoms with Crippen LogP contribution in [0, 0.1) is 18.3 Å². The number of carbonyl (C=O) groups is 1. The third-order valence-electron chi connectivity index (χ3n) is 1.60. The van der Waals surface area contributed by atoms with E-state index in [9.17, 15) is 4.79 Å². The zero-order valence-corrected chi connectivity index (χ0v) is 4.79. The second-order valence-electron chi connectivity index (χ2n) is 2.27. The number of rotatable bonds is 1. The summed E-state index contributed by atoms with van der Waals surface area (Å²) in [4.78, 5) is 10.2. The summed E-state index contributed by atoms with van der Waals surface area (Å²) in [5.41, 5.74) is 4.20. The van der Waals surface area contributed by atoms with Crippen LogP contribution >= 0.6 is 0 Å². The van der Waals surface area contributed by atoms with E-state index in [0.717, 1.165) is 0 Å². The minimum absolute atomic E-state index is 0.255. The van der Waals surface area contributed by atoms with Gasteiger partial charge in [0.15, 0.2) is 0 Å². The van der Waals surface area contributed by atoms with Crippen molar-refractivity contribution in [2.45, 2.75) is 12.0 Å². The highest BCUT2D eigenvalue weighted by atomic mass is 16.4. The van der Waals surface area contributed by atoms with E-state index in [1.807, 2.05) is 0 Å². The molecule has 0 spiro atoms. The minimum atomic E-state index is -1.10. The van der Waals surface area contributed by atoms with Gasteiger partial charge in [-0.1, -0.05) is 0 Å². The molecular formula is C6H7NO2. The van der Waals surface area contributed by atoms with Gasteiger partial charge in [0.1, 0.15) is 5.54 Å². The molecule has 1 saturated carbocycles. The van der Waals surface area contributed by atoms with Crippen LogP contribution in [0.15, 0.2) is 0 Å². The minimum Gasteiger partial charge on any atom is -0.480 e. The Labute approximate surface area is 52.9 Å². The molecule has 0 radical (unpaired) electrons. The predicted octanol–water partition coefficient (Wildman–Crippen LogP) is -0.578. The Morgan fingerprint density at radius 3 is 2.67 bits per heavy atom. The standard InChI is InChI=1S/C6H7NO2/c1-2-4-3-6(4,7)5(8)9/h1,4H,3,7H2,(H,8,9)/t4-,6+/m0/s1. The molecule has 1 aliphatic rings. The van der Waals surface area contributed by atoms with Gasteiger partial charge in [0.25, 0.3) is 0 Å². The molecule has 9 heavy (non-hydrogen) atoms. The summed E-state index contributed by atoms with van der Waals surface area (Å²) in [6.07, 6.45) is 5.37. The van der Waals surface area contributed by atoms with E-state index in [1.165, 1.54) is 0 Å². The number of carboxylic acids is 1. The van der Waals surface area contributed by atoms with Crippen molar-refractivity contribution in [2.24, 2.45) is 11.7 Å². The highest BCUT2D eigenvalue weighted by Gasteiger charge is 2.56. The topological polar surface area (TPSA) is 63.3 Å². The van der Waals surface area contributed by atoms with Crippen LogP contribution in [0.2, 0.25) is 0 Å². The Hall–Kier alpha value is -1.01. The molecule has 0 aliphatic heterocycles. The van der Waals surface area contributed by atoms with Crippen molar-refractivity contribution < 1.29 is 9.90 Å². The summed E-state index contributed by atoms with van der Waals surface area (Å²) in [7, 11) is 0. The molecule has 3 nitrogen and oxygen atoms in total. The maximum Gasteiger partial charge on any atom is 0.325 e. The quantitative estimate of drug-likeness (QED) is 0.461. The molecule has 0 aromatic carbocycles. The highest BCUT2D eigenvalue weighted by Crippen LogP contribution is 2.40. The lowest BCUT2D eigenvalue weighted by Crippen LogP contribution is -2.34. The molecule has 1 rings (SSSR count). The predicted molar refractivity (Wildman–Crippen MR) is 31.5 cm³/mol. The Balaban J connectivity index is 2.65. The van der Waals surface area contributed by atoms with Crippen molar-refractivity contribution in [1.82, 2.24) is 0 Å². The number of aliphatic carboxylic acids is 1. The van der Waals surface area contributed by atoms with E-state index < -0.39 is 11.5 Å². The van der Waals surface area contributed by atoms with Crippen LogP contribution in [0.3, 0.4) is 0 Å². The summed E-state index contributed by atoms with van der Waals surface area (Å²) in [5, 5.41) is 8.39. The van der Waals surface area contributed by atoms with Crippen molar-refractivity contribution in [1.29, 1.82) is 0 Å². The molecule has 0 aromatic rings. The molecule has 0 saturated heterocycles. The third kappa shape index (κ3) is 0.681. The maximum atomic E-state index is 10.2. The van der Waals surface area contributed by atoms with Gasteiger partial charge in [-0.15, -0.1) is 12.3 Å². The largest absolute Gasteiger partial charge is 0.480 e. The molecule has 3 heteroatoms. The third-order valence-corrected chi connectivity index (χ3v) is 1.60. The summed E-state index contributed by atoms with van der Waals surface area (Å²) in [6, 6.07) is 0. The van der Waals surface area contributed by atoms with Crippen LogP contribution in [0.25, 0.3) is 0 Å². The summed E-state index contributed by atoms with van der Waals surface area (Å²) >= 11 is 0. The molecule has 0 bridgehead atoms. The smallest absolute Gasteiger partial charge is 0.325 e. The average Bonchev–Trinajstić information content (AvgIpc) is 2.44. The van der Waals surface area contributed by atoms with Crippen molar-refractivity contribution in [3.8, 4) is 12.3 Å². The van der Waals surface area contributed by atoms with Gasteiger partial charge in [0, 0.05) is 0 Å². The molecule has 3 N–H and O–H groups in total. The molecule has 0 amide bonds. The lowest BCUT2D eigenvalue weighted by atomic mass is 10.2. The van der Waals surface area contributed by atoms with Gasteiger partial charge >= 0.3 is 5.97 Å². The fraction of sp³-hybridized carbons (Fsp3) is 0.500. The van der Waals surface area contributed by atoms with Crippen molar-refractivity contribution in [3.63, 3.8) is 0 Å². The fourth-order valence-corrected chi connectivity index (χ4v) is 0.723. The second kappa shape index (κ2) is 1.49. The van der Waals surface area contributed by atoms with Gasteiger partial charge in [-0.3, -0.25) is 4.79 Å². The van der Waals surface area contributed by atoms with Crippen LogP contribution in [-0.2, 0) is 4.79 Å². The van der Waals surface area contributed by atoms with Gasteiger partial charge in [-0.25, -0.2) is 0 Å². The SMILES string of the molecule is C#C[C@H]1C[C@]1(N)C(=O)O. The summed E-state index contributed by atoms with van der Waals surface area (Å²) < 4.78 is 0. The van der Waals surface area contributed by atoms with Gasteiger partial charge < -0.3 is 10.8 Å². The number of carboxylic acid groups (broad SMARTS) is 1. The van der Waals surface area contributed by atoms with Gasteiger partial charge in [0.05, 0.1) is 5.92 Å². The van der Waals surface area contributed by atoms with E-state index in [2.05, 4.69) is 5.92 Å². The average molecular weight is 125 g/mol. The Morgan fingerprint density at radius 2 is 2.56 bits per heavy atom. The maximum absolute atomic E-state index is 10.2. The number of terminal acetylenes is 1. The zero-order chi connectivity index (χ0) is 7.07. The van der Waals surface area contributed by atoms with Gasteiger partial charge in [-0.2, -0.15) is 0 Å². The monoisotopic (exact) mass is 125 g/mol. The van der Waals surface area contributed by atoms with Crippen molar-refractivity contribution >= 4 is 5.97 Å². The molecule has 0 heterocycles. The van der Waals surface area contributed by atoms with Gasteiger partial charge in [-0.05, 0) is 6.42 Å². The normalized spacial score (nSPS) is 39.3. The van der Waals surface area contributed by atoms with Crippen LogP contribution < -0.4 is 5.73 Å². The van der Waals surface area contributed by atoms with E-state index in [-0.39, 0.29) is 5.92 Å². The van der Waals surface area contributed by atoms with E-state index in [4.69, 9.17) is 17.3 Å². The van der Waals surface area contributed by atoms with Gasteiger partial charge in [0.2, 0.25) is 0 Å². The van der Waals surface area contributed by atoms with Crippen molar-refractivity contribution in [2.75, 3.05) is 0 Å². The molecule has 1 fully saturated rings. The Bertz CT molecular complexity index is 194. The first-order valence-corrected chi connectivity index (χ1v) is 2.59. The lowest BCUT2D eigenvalue weighted by molar-refractivity contribution is -0.139. The van der Waals surface area contributed by atoms with E-state index in [0.29, 0.717) is 6.42 Å². The number of nitrogens with two attached hydrogens (primary N) is 1. The van der Waals surface area contributed by atoms with Crippen LogP contribution in [0.1, 0.15) is 6.42 Å². The number of hydrogen-bond donors (Lipinski definition) is 2. The Kier molecular flexibility index (Phi) is 1.01. The molecule has 0 aromatic heterocycles. The van der Waals surface area contributed by atoms with Crippen LogP contribution in [0.4, 0.5) is 0 Å². The molecular weight excluding hydrogens is 118 g/mol. The molecule has 1 aliphatic carbocycles. The first kappa shape index (κ1) is 6.12. The molecule has 0 unspecified atom stereocenters. The summed E-state index contributed by atoms with van der Waals surface area (Å²) in [5.74, 6) is 1.06. The summed E-state index contributed by atoms with van der Waals surface area (Å²) in [6.45, 7) is 0. The van der Waals surface area contributed by atoms with Crippen molar-refractivity contribution in [3.05, 3.63) is 0 Å². The number of hydrogen-bond acceptors (Lipinski definition) is 2. The van der Waals surface area contributed by atoms with E-state index in [1.54, 1.807) is 0 Å². The first-order valence-electron chi connectivity index (χ1n) is 2.59. The second-order valence-corrected chi connectivity index (χ2v) is 2.27. The lowest BCUT2D eigenvalue weighted by Gasteiger charge is -1.98. The first-order chi connectivity index (χ1) is 4.11. The zero-order valence-electron chi connectivity index (χ0n) is 4.79. The van der Waals surface area contributed by atoms with Crippen LogP contribution in [-0.4, -0.2) is 16.6 Å².